The zero-order valence-electron chi connectivity index (χ0n) is 11.3. The Hall–Kier alpha value is -1.80. The predicted molar refractivity (Wildman–Crippen MR) is 79.6 cm³/mol. The zero-order valence-corrected chi connectivity index (χ0v) is 12.2. The van der Waals surface area contributed by atoms with Gasteiger partial charge in [-0.1, -0.05) is 36.0 Å². The molecule has 0 amide bonds. The van der Waals surface area contributed by atoms with Crippen LogP contribution in [-0.4, -0.2) is 22.7 Å². The summed E-state index contributed by atoms with van der Waals surface area (Å²) in [5.74, 6) is 0.856. The Bertz CT molecular complexity index is 546. The molecule has 1 aliphatic rings. The minimum atomic E-state index is -0.155. The summed E-state index contributed by atoms with van der Waals surface area (Å²) in [5.41, 5.74) is 2.41. The zero-order chi connectivity index (χ0) is 14.4. The van der Waals surface area contributed by atoms with Gasteiger partial charge >= 0.3 is 0 Å². The Morgan fingerprint density at radius 2 is 2.25 bits per heavy atom. The van der Waals surface area contributed by atoms with E-state index in [1.54, 1.807) is 12.1 Å². The molecule has 0 aromatic heterocycles. The smallest absolute Gasteiger partial charge is 0.192 e. The molecule has 0 radical (unpaired) electrons. The maximum absolute atomic E-state index is 11.7. The van der Waals surface area contributed by atoms with Crippen LogP contribution in [0.25, 0.3) is 0 Å². The van der Waals surface area contributed by atoms with Gasteiger partial charge in [0.05, 0.1) is 23.8 Å². The van der Waals surface area contributed by atoms with Gasteiger partial charge in [0, 0.05) is 12.2 Å². The van der Waals surface area contributed by atoms with Crippen molar-refractivity contribution in [2.45, 2.75) is 32.3 Å². The molecule has 5 heteroatoms. The van der Waals surface area contributed by atoms with Gasteiger partial charge in [-0.15, -0.1) is 0 Å². The molecule has 0 bridgehead atoms. The van der Waals surface area contributed by atoms with E-state index < -0.39 is 0 Å². The molecule has 0 saturated carbocycles. The number of nitriles is 1. The van der Waals surface area contributed by atoms with Crippen LogP contribution in [0.5, 0.6) is 0 Å². The van der Waals surface area contributed by atoms with E-state index in [0.717, 1.165) is 23.4 Å². The summed E-state index contributed by atoms with van der Waals surface area (Å²) in [5, 5.41) is 13.0. The third-order valence-electron chi connectivity index (χ3n) is 2.94. The number of benzene rings is 1. The van der Waals surface area contributed by atoms with E-state index in [4.69, 9.17) is 10.1 Å². The largest absolute Gasteiger partial charge is 0.391 e. The molecule has 1 aromatic carbocycles. The van der Waals surface area contributed by atoms with Crippen molar-refractivity contribution in [3.05, 3.63) is 35.4 Å². The predicted octanol–water partition coefficient (Wildman–Crippen LogP) is 3.11. The van der Waals surface area contributed by atoms with Crippen molar-refractivity contribution in [2.24, 2.45) is 5.16 Å². The highest BCUT2D eigenvalue weighted by atomic mass is 32.2. The highest BCUT2D eigenvalue weighted by Crippen LogP contribution is 2.21. The van der Waals surface area contributed by atoms with Crippen LogP contribution in [0.4, 0.5) is 0 Å². The van der Waals surface area contributed by atoms with Crippen LogP contribution in [0.15, 0.2) is 29.4 Å². The highest BCUT2D eigenvalue weighted by molar-refractivity contribution is 8.13. The molecule has 1 aliphatic heterocycles. The number of carbonyl (C=O) groups excluding carboxylic acids is 1. The van der Waals surface area contributed by atoms with Crippen LogP contribution in [0.3, 0.4) is 0 Å². The van der Waals surface area contributed by atoms with Gasteiger partial charge in [0.2, 0.25) is 0 Å². The Kier molecular flexibility index (Phi) is 5.19. The fourth-order valence-electron chi connectivity index (χ4n) is 1.91. The molecular weight excluding hydrogens is 272 g/mol. The molecule has 2 rings (SSSR count). The normalized spacial score (nSPS) is 17.2. The molecule has 1 unspecified atom stereocenters. The van der Waals surface area contributed by atoms with E-state index in [1.165, 1.54) is 11.8 Å². The number of rotatable bonds is 5. The Balaban J connectivity index is 1.88. The third kappa shape index (κ3) is 3.84. The molecule has 0 aliphatic carbocycles. The van der Waals surface area contributed by atoms with Gasteiger partial charge in [-0.05, 0) is 24.1 Å². The number of nitrogens with zero attached hydrogens (tertiary/aromatic N) is 2. The van der Waals surface area contributed by atoms with E-state index in [1.807, 2.05) is 12.1 Å². The average Bonchev–Trinajstić information content (AvgIpc) is 2.93. The topological polar surface area (TPSA) is 62.5 Å². The molecule has 0 N–H and O–H groups in total. The monoisotopic (exact) mass is 288 g/mol. The van der Waals surface area contributed by atoms with Gasteiger partial charge < -0.3 is 4.84 Å². The summed E-state index contributed by atoms with van der Waals surface area (Å²) in [6.07, 6.45) is 1.88. The molecule has 1 aromatic rings. The second-order valence-corrected chi connectivity index (χ2v) is 5.74. The summed E-state index contributed by atoms with van der Waals surface area (Å²) in [7, 11) is 0. The molecule has 20 heavy (non-hydrogen) atoms. The maximum atomic E-state index is 11.7. The van der Waals surface area contributed by atoms with E-state index in [-0.39, 0.29) is 11.2 Å². The molecule has 0 saturated heterocycles. The summed E-state index contributed by atoms with van der Waals surface area (Å²) >= 11 is 1.36. The lowest BCUT2D eigenvalue weighted by Gasteiger charge is -2.06. The van der Waals surface area contributed by atoms with Crippen LogP contribution < -0.4 is 0 Å². The van der Waals surface area contributed by atoms with Crippen molar-refractivity contribution in [3.8, 4) is 6.07 Å². The molecule has 1 heterocycles. The number of hydrogen-bond acceptors (Lipinski definition) is 5. The summed E-state index contributed by atoms with van der Waals surface area (Å²) in [6, 6.07) is 9.31. The van der Waals surface area contributed by atoms with Crippen LogP contribution in [0.2, 0.25) is 0 Å². The first kappa shape index (κ1) is 14.6. The lowest BCUT2D eigenvalue weighted by atomic mass is 10.0. The second kappa shape index (κ2) is 7.11. The van der Waals surface area contributed by atoms with Crippen molar-refractivity contribution in [1.82, 2.24) is 0 Å². The number of thioether (sulfide) groups is 1. The van der Waals surface area contributed by atoms with Gasteiger partial charge in [-0.25, -0.2) is 0 Å². The minimum absolute atomic E-state index is 0.155. The lowest BCUT2D eigenvalue weighted by molar-refractivity contribution is -0.113. The quantitative estimate of drug-likeness (QED) is 0.835. The molecule has 1 atom stereocenters. The van der Waals surface area contributed by atoms with Gasteiger partial charge in [0.1, 0.15) is 6.10 Å². The Morgan fingerprint density at radius 3 is 2.90 bits per heavy atom. The third-order valence-corrected chi connectivity index (χ3v) is 4.04. The standard InChI is InChI=1S/C15H16N2O2S/c1-2-7-20-15(18)9-13-8-14(17-19-13)12-5-3-11(10-16)4-6-12/h3-6,13H,2,7-9H2,1H3. The van der Waals surface area contributed by atoms with E-state index in [2.05, 4.69) is 18.1 Å². The fourth-order valence-corrected chi connectivity index (χ4v) is 2.64. The van der Waals surface area contributed by atoms with E-state index in [9.17, 15) is 4.79 Å². The van der Waals surface area contributed by atoms with Crippen molar-refractivity contribution in [1.29, 1.82) is 5.26 Å². The summed E-state index contributed by atoms with van der Waals surface area (Å²) in [4.78, 5) is 17.0. The molecule has 0 fully saturated rings. The van der Waals surface area contributed by atoms with Crippen LogP contribution in [0.1, 0.15) is 37.3 Å². The van der Waals surface area contributed by atoms with Gasteiger partial charge in [-0.3, -0.25) is 4.79 Å². The lowest BCUT2D eigenvalue weighted by Crippen LogP contribution is -2.12. The van der Waals surface area contributed by atoms with Crippen LogP contribution in [0, 0.1) is 11.3 Å². The highest BCUT2D eigenvalue weighted by Gasteiger charge is 2.24. The van der Waals surface area contributed by atoms with Crippen molar-refractivity contribution >= 4 is 22.6 Å². The van der Waals surface area contributed by atoms with Crippen LogP contribution in [-0.2, 0) is 9.63 Å². The Labute approximate surface area is 122 Å². The minimum Gasteiger partial charge on any atom is -0.391 e. The van der Waals surface area contributed by atoms with Crippen molar-refractivity contribution in [3.63, 3.8) is 0 Å². The summed E-state index contributed by atoms with van der Waals surface area (Å²) in [6.45, 7) is 2.05. The summed E-state index contributed by atoms with van der Waals surface area (Å²) < 4.78 is 0. The first-order valence-electron chi connectivity index (χ1n) is 6.61. The molecule has 104 valence electrons. The number of hydrogen-bond donors (Lipinski definition) is 0. The first-order chi connectivity index (χ1) is 9.72. The van der Waals surface area contributed by atoms with Gasteiger partial charge in [0.15, 0.2) is 5.12 Å². The van der Waals surface area contributed by atoms with Crippen molar-refractivity contribution in [2.75, 3.05) is 5.75 Å². The second-order valence-electron chi connectivity index (χ2n) is 4.58. The maximum Gasteiger partial charge on any atom is 0.192 e. The van der Waals surface area contributed by atoms with Crippen molar-refractivity contribution < 1.29 is 9.63 Å². The van der Waals surface area contributed by atoms with Gasteiger partial charge in [-0.2, -0.15) is 5.26 Å². The fraction of sp³-hybridized carbons (Fsp3) is 0.400. The van der Waals surface area contributed by atoms with Gasteiger partial charge in [0.25, 0.3) is 0 Å². The molecular formula is C15H16N2O2S. The average molecular weight is 288 g/mol. The SMILES string of the molecule is CCCSC(=O)CC1CC(c2ccc(C#N)cc2)=NO1. The number of carbonyl (C=O) groups is 1. The van der Waals surface area contributed by atoms with E-state index in [0.29, 0.717) is 18.4 Å². The molecule has 0 spiro atoms. The number of oxime groups is 1. The van der Waals surface area contributed by atoms with Crippen LogP contribution >= 0.6 is 11.8 Å². The molecule has 4 nitrogen and oxygen atoms in total. The van der Waals surface area contributed by atoms with E-state index >= 15 is 0 Å². The Morgan fingerprint density at radius 1 is 1.50 bits per heavy atom. The first-order valence-corrected chi connectivity index (χ1v) is 7.60.